The Balaban J connectivity index is 1.32. The predicted molar refractivity (Wildman–Crippen MR) is 130 cm³/mol. The Labute approximate surface area is 198 Å². The third-order valence-electron chi connectivity index (χ3n) is 5.82. The number of fused-ring (bicyclic) bond motifs is 1. The van der Waals surface area contributed by atoms with Gasteiger partial charge in [-0.3, -0.25) is 14.9 Å². The summed E-state index contributed by atoms with van der Waals surface area (Å²) in [6.07, 6.45) is 0. The summed E-state index contributed by atoms with van der Waals surface area (Å²) in [6.45, 7) is 4.47. The molecule has 4 aromatic rings. The average Bonchev–Trinajstić information content (AvgIpc) is 3.40. The number of aryl methyl sites for hydroxylation is 1. The van der Waals surface area contributed by atoms with Crippen molar-refractivity contribution in [2.45, 2.75) is 6.92 Å². The number of aromatic nitrogens is 2. The van der Waals surface area contributed by atoms with Gasteiger partial charge >= 0.3 is 0 Å². The van der Waals surface area contributed by atoms with Crippen molar-refractivity contribution in [1.82, 2.24) is 14.7 Å². The zero-order valence-corrected chi connectivity index (χ0v) is 19.3. The van der Waals surface area contributed by atoms with Gasteiger partial charge in [0.15, 0.2) is 0 Å². The second kappa shape index (κ2) is 8.49. The number of carbonyl (C=O) groups excluding carboxylic acids is 1. The van der Waals surface area contributed by atoms with E-state index in [0.29, 0.717) is 36.1 Å². The van der Waals surface area contributed by atoms with E-state index in [4.69, 9.17) is 11.6 Å². The molecule has 0 atom stereocenters. The van der Waals surface area contributed by atoms with Gasteiger partial charge in [0.1, 0.15) is 4.83 Å². The van der Waals surface area contributed by atoms with Gasteiger partial charge in [-0.15, -0.1) is 11.3 Å². The minimum Gasteiger partial charge on any atom is -0.368 e. The second-order valence-corrected chi connectivity index (χ2v) is 9.32. The van der Waals surface area contributed by atoms with Crippen LogP contribution < -0.4 is 4.90 Å². The van der Waals surface area contributed by atoms with Crippen LogP contribution in [0.1, 0.15) is 15.4 Å². The first kappa shape index (κ1) is 21.4. The second-order valence-electron chi connectivity index (χ2n) is 7.86. The highest BCUT2D eigenvalue weighted by molar-refractivity contribution is 7.20. The van der Waals surface area contributed by atoms with E-state index in [9.17, 15) is 14.9 Å². The number of carbonyl (C=O) groups is 1. The van der Waals surface area contributed by atoms with E-state index in [1.165, 1.54) is 23.5 Å². The van der Waals surface area contributed by atoms with Crippen LogP contribution in [0, 0.1) is 17.0 Å². The number of piperazine rings is 1. The molecule has 168 valence electrons. The topological polar surface area (TPSA) is 84.5 Å². The lowest BCUT2D eigenvalue weighted by Gasteiger charge is -2.35. The normalized spacial score (nSPS) is 14.1. The number of anilines is 1. The summed E-state index contributed by atoms with van der Waals surface area (Å²) in [5.41, 5.74) is 2.77. The van der Waals surface area contributed by atoms with Crippen LogP contribution in [0.4, 0.5) is 11.4 Å². The zero-order valence-electron chi connectivity index (χ0n) is 17.8. The fraction of sp³-hybridized carbons (Fsp3) is 0.217. The minimum atomic E-state index is -0.404. The number of thiophene rings is 1. The van der Waals surface area contributed by atoms with Gasteiger partial charge in [-0.2, -0.15) is 5.10 Å². The van der Waals surface area contributed by atoms with E-state index in [-0.39, 0.29) is 11.6 Å². The lowest BCUT2D eigenvalue weighted by Crippen LogP contribution is -2.48. The first-order valence-electron chi connectivity index (χ1n) is 10.4. The van der Waals surface area contributed by atoms with Crippen molar-refractivity contribution in [3.63, 3.8) is 0 Å². The zero-order chi connectivity index (χ0) is 23.1. The van der Waals surface area contributed by atoms with Crippen molar-refractivity contribution in [3.8, 4) is 5.69 Å². The molecule has 1 aliphatic heterocycles. The van der Waals surface area contributed by atoms with Crippen LogP contribution in [0.25, 0.3) is 15.9 Å². The highest BCUT2D eigenvalue weighted by atomic mass is 35.5. The van der Waals surface area contributed by atoms with Gasteiger partial charge in [-0.05, 0) is 49.4 Å². The van der Waals surface area contributed by atoms with Gasteiger partial charge in [0.2, 0.25) is 0 Å². The molecule has 2 aromatic heterocycles. The van der Waals surface area contributed by atoms with E-state index in [1.54, 1.807) is 12.1 Å². The van der Waals surface area contributed by atoms with Crippen LogP contribution in [-0.4, -0.2) is 51.7 Å². The van der Waals surface area contributed by atoms with Crippen LogP contribution in [0.3, 0.4) is 0 Å². The Hall–Kier alpha value is -3.43. The van der Waals surface area contributed by atoms with Crippen LogP contribution in [0.2, 0.25) is 5.02 Å². The number of nitro benzene ring substituents is 1. The third kappa shape index (κ3) is 4.05. The van der Waals surface area contributed by atoms with Crippen LogP contribution in [0.5, 0.6) is 0 Å². The molecule has 0 spiro atoms. The number of nitro groups is 1. The maximum absolute atomic E-state index is 13.2. The van der Waals surface area contributed by atoms with Crippen LogP contribution in [0.15, 0.2) is 54.6 Å². The van der Waals surface area contributed by atoms with E-state index in [0.717, 1.165) is 27.3 Å². The molecule has 3 heterocycles. The number of benzene rings is 2. The van der Waals surface area contributed by atoms with Gasteiger partial charge in [-0.1, -0.05) is 11.6 Å². The molecule has 2 aromatic carbocycles. The quantitative estimate of drug-likeness (QED) is 0.305. The molecule has 33 heavy (non-hydrogen) atoms. The van der Waals surface area contributed by atoms with Crippen molar-refractivity contribution in [2.75, 3.05) is 31.1 Å². The molecule has 0 aliphatic carbocycles. The largest absolute Gasteiger partial charge is 0.368 e. The SMILES string of the molecule is Cc1nn(-c2ccc(Cl)cc2)c2sc(C(=O)N3CCN(c4ccc([N+](=O)[O-])cc4)CC3)cc12. The molecule has 1 fully saturated rings. The smallest absolute Gasteiger partial charge is 0.269 e. The first-order valence-corrected chi connectivity index (χ1v) is 11.6. The van der Waals surface area contributed by atoms with E-state index < -0.39 is 4.92 Å². The fourth-order valence-electron chi connectivity index (χ4n) is 4.02. The summed E-state index contributed by atoms with van der Waals surface area (Å²) in [4.78, 5) is 29.3. The van der Waals surface area contributed by atoms with E-state index in [1.807, 2.05) is 46.8 Å². The van der Waals surface area contributed by atoms with Gasteiger partial charge in [0.25, 0.3) is 11.6 Å². The number of hydrogen-bond donors (Lipinski definition) is 0. The fourth-order valence-corrected chi connectivity index (χ4v) is 5.30. The Kier molecular flexibility index (Phi) is 5.51. The molecule has 0 radical (unpaired) electrons. The van der Waals surface area contributed by atoms with Crippen molar-refractivity contribution >= 4 is 50.4 Å². The molecule has 1 aliphatic rings. The summed E-state index contributed by atoms with van der Waals surface area (Å²) in [7, 11) is 0. The molecule has 10 heteroatoms. The maximum atomic E-state index is 13.2. The number of rotatable bonds is 4. The number of halogens is 1. The van der Waals surface area contributed by atoms with E-state index >= 15 is 0 Å². The Morgan fingerprint density at radius 1 is 1.03 bits per heavy atom. The van der Waals surface area contributed by atoms with Crippen molar-refractivity contribution < 1.29 is 9.72 Å². The minimum absolute atomic E-state index is 0.0154. The summed E-state index contributed by atoms with van der Waals surface area (Å²) in [5, 5.41) is 17.1. The number of amides is 1. The van der Waals surface area contributed by atoms with Gasteiger partial charge in [0.05, 0.1) is 21.2 Å². The predicted octanol–water partition coefficient (Wildman–Crippen LogP) is 4.92. The Morgan fingerprint density at radius 3 is 2.30 bits per heavy atom. The average molecular weight is 482 g/mol. The molecule has 1 amide bonds. The van der Waals surface area contributed by atoms with Crippen molar-refractivity contribution in [2.24, 2.45) is 0 Å². The lowest BCUT2D eigenvalue weighted by atomic mass is 10.2. The summed E-state index contributed by atoms with van der Waals surface area (Å²) < 4.78 is 1.86. The molecule has 0 unspecified atom stereocenters. The highest BCUT2D eigenvalue weighted by Crippen LogP contribution is 2.32. The molecule has 8 nitrogen and oxygen atoms in total. The van der Waals surface area contributed by atoms with Crippen molar-refractivity contribution in [1.29, 1.82) is 0 Å². The molecule has 0 N–H and O–H groups in total. The Morgan fingerprint density at radius 2 is 1.67 bits per heavy atom. The Bertz CT molecular complexity index is 1340. The molecular weight excluding hydrogens is 462 g/mol. The summed E-state index contributed by atoms with van der Waals surface area (Å²) in [6, 6.07) is 15.9. The first-order chi connectivity index (χ1) is 15.9. The molecular formula is C23H20ClN5O3S. The maximum Gasteiger partial charge on any atom is 0.269 e. The van der Waals surface area contributed by atoms with Crippen LogP contribution >= 0.6 is 22.9 Å². The molecule has 5 rings (SSSR count). The number of non-ortho nitro benzene ring substituents is 1. The molecule has 0 saturated carbocycles. The standard InChI is InChI=1S/C23H20ClN5O3S/c1-15-20-14-21(33-23(20)28(25-15)18-4-2-16(24)3-5-18)22(30)27-12-10-26(11-13-27)17-6-8-19(9-7-17)29(31)32/h2-9,14H,10-13H2,1H3. The van der Waals surface area contributed by atoms with Gasteiger partial charge in [-0.25, -0.2) is 4.68 Å². The third-order valence-corrected chi connectivity index (χ3v) is 7.17. The molecule has 0 bridgehead atoms. The lowest BCUT2D eigenvalue weighted by molar-refractivity contribution is -0.384. The van der Waals surface area contributed by atoms with Gasteiger partial charge < -0.3 is 9.80 Å². The summed E-state index contributed by atoms with van der Waals surface area (Å²) >= 11 is 7.46. The van der Waals surface area contributed by atoms with Crippen LogP contribution in [-0.2, 0) is 0 Å². The highest BCUT2D eigenvalue weighted by Gasteiger charge is 2.25. The summed E-state index contributed by atoms with van der Waals surface area (Å²) in [5.74, 6) is 0.0154. The monoisotopic (exact) mass is 481 g/mol. The van der Waals surface area contributed by atoms with E-state index in [2.05, 4.69) is 10.00 Å². The number of hydrogen-bond acceptors (Lipinski definition) is 6. The van der Waals surface area contributed by atoms with Gasteiger partial charge in [0, 0.05) is 54.4 Å². The number of nitrogens with zero attached hydrogens (tertiary/aromatic N) is 5. The molecule has 1 saturated heterocycles. The van der Waals surface area contributed by atoms with Crippen molar-refractivity contribution in [3.05, 3.63) is 80.3 Å².